The van der Waals surface area contributed by atoms with E-state index in [9.17, 15) is 4.79 Å². The molecule has 2 aliphatic rings. The van der Waals surface area contributed by atoms with Crippen molar-refractivity contribution >= 4 is 34.4 Å². The Labute approximate surface area is 118 Å². The molecule has 7 heteroatoms. The highest BCUT2D eigenvalue weighted by atomic mass is 35.5. The SMILES string of the molecule is O=C1NC(SCc2cccc(Cl)c2)=NC2N=NC=C12. The van der Waals surface area contributed by atoms with Crippen LogP contribution in [0.4, 0.5) is 0 Å². The van der Waals surface area contributed by atoms with Gasteiger partial charge >= 0.3 is 0 Å². The number of benzene rings is 1. The summed E-state index contributed by atoms with van der Waals surface area (Å²) < 4.78 is 0. The summed E-state index contributed by atoms with van der Waals surface area (Å²) in [4.78, 5) is 16.1. The van der Waals surface area contributed by atoms with E-state index in [1.165, 1.54) is 18.0 Å². The van der Waals surface area contributed by atoms with Crippen LogP contribution in [0.3, 0.4) is 0 Å². The van der Waals surface area contributed by atoms with Gasteiger partial charge in [0.15, 0.2) is 11.3 Å². The van der Waals surface area contributed by atoms with Crippen LogP contribution in [-0.2, 0) is 10.5 Å². The van der Waals surface area contributed by atoms with Gasteiger partial charge in [-0.2, -0.15) is 10.2 Å². The molecule has 1 aromatic carbocycles. The molecule has 0 saturated carbocycles. The summed E-state index contributed by atoms with van der Waals surface area (Å²) in [5.41, 5.74) is 1.57. The molecule has 96 valence electrons. The molecule has 5 nitrogen and oxygen atoms in total. The van der Waals surface area contributed by atoms with Gasteiger partial charge in [0, 0.05) is 10.8 Å². The molecule has 0 saturated heterocycles. The second kappa shape index (κ2) is 5.14. The summed E-state index contributed by atoms with van der Waals surface area (Å²) in [5, 5.41) is 11.6. The van der Waals surface area contributed by atoms with Crippen molar-refractivity contribution in [1.29, 1.82) is 0 Å². The van der Waals surface area contributed by atoms with Crippen molar-refractivity contribution in [3.8, 4) is 0 Å². The first kappa shape index (κ1) is 12.4. The average Bonchev–Trinajstić information content (AvgIpc) is 2.85. The Balaban J connectivity index is 1.69. The Morgan fingerprint density at radius 1 is 1.42 bits per heavy atom. The Morgan fingerprint density at radius 2 is 2.32 bits per heavy atom. The number of carbonyl (C=O) groups excluding carboxylic acids is 1. The molecule has 3 rings (SSSR count). The molecule has 1 aromatic rings. The number of aliphatic imine (C=N–C) groups is 1. The van der Waals surface area contributed by atoms with Crippen LogP contribution < -0.4 is 5.32 Å². The highest BCUT2D eigenvalue weighted by Gasteiger charge is 2.29. The highest BCUT2D eigenvalue weighted by Crippen LogP contribution is 2.24. The maximum Gasteiger partial charge on any atom is 0.258 e. The van der Waals surface area contributed by atoms with Crippen molar-refractivity contribution in [1.82, 2.24) is 5.32 Å². The number of halogens is 1. The predicted molar refractivity (Wildman–Crippen MR) is 75.1 cm³/mol. The molecule has 2 aliphatic heterocycles. The van der Waals surface area contributed by atoms with Crippen LogP contribution in [0.5, 0.6) is 0 Å². The topological polar surface area (TPSA) is 66.2 Å². The maximum absolute atomic E-state index is 11.7. The Morgan fingerprint density at radius 3 is 3.16 bits per heavy atom. The number of nitrogens with zero attached hydrogens (tertiary/aromatic N) is 3. The zero-order valence-electron chi connectivity index (χ0n) is 9.71. The zero-order valence-corrected chi connectivity index (χ0v) is 11.3. The van der Waals surface area contributed by atoms with Crippen molar-refractivity contribution in [2.45, 2.75) is 11.9 Å². The van der Waals surface area contributed by atoms with Gasteiger partial charge in [-0.25, -0.2) is 4.99 Å². The van der Waals surface area contributed by atoms with E-state index in [2.05, 4.69) is 20.5 Å². The van der Waals surface area contributed by atoms with Gasteiger partial charge < -0.3 is 5.32 Å². The van der Waals surface area contributed by atoms with Crippen LogP contribution >= 0.6 is 23.4 Å². The first-order valence-electron chi connectivity index (χ1n) is 5.59. The molecule has 1 amide bonds. The average molecular weight is 293 g/mol. The minimum atomic E-state index is -0.476. The number of fused-ring (bicyclic) bond motifs is 1. The van der Waals surface area contributed by atoms with Gasteiger partial charge in [-0.3, -0.25) is 4.79 Å². The van der Waals surface area contributed by atoms with Gasteiger partial charge in [-0.1, -0.05) is 35.5 Å². The van der Waals surface area contributed by atoms with Gasteiger partial charge in [0.2, 0.25) is 0 Å². The third-order valence-corrected chi connectivity index (χ3v) is 3.83. The minimum Gasteiger partial charge on any atom is -0.301 e. The number of azo groups is 1. The largest absolute Gasteiger partial charge is 0.301 e. The molecule has 0 aliphatic carbocycles. The summed E-state index contributed by atoms with van der Waals surface area (Å²) in [5.74, 6) is 0.501. The maximum atomic E-state index is 11.7. The van der Waals surface area contributed by atoms with Crippen LogP contribution in [-0.4, -0.2) is 17.2 Å². The van der Waals surface area contributed by atoms with Crippen molar-refractivity contribution in [3.05, 3.63) is 46.6 Å². The fourth-order valence-electron chi connectivity index (χ4n) is 1.72. The number of nitrogens with one attached hydrogen (secondary N) is 1. The smallest absolute Gasteiger partial charge is 0.258 e. The molecule has 2 heterocycles. The standard InChI is InChI=1S/C12H9ClN4OS/c13-8-3-1-2-7(4-8)6-19-12-15-10-9(5-14-17-10)11(18)16-12/h1-5,10H,6H2,(H,15,16,18). The third-order valence-electron chi connectivity index (χ3n) is 2.64. The fourth-order valence-corrected chi connectivity index (χ4v) is 2.76. The minimum absolute atomic E-state index is 0.182. The van der Waals surface area contributed by atoms with Crippen molar-refractivity contribution in [2.75, 3.05) is 0 Å². The van der Waals surface area contributed by atoms with E-state index in [0.29, 0.717) is 21.5 Å². The number of rotatable bonds is 2. The van der Waals surface area contributed by atoms with Crippen LogP contribution in [0, 0.1) is 0 Å². The van der Waals surface area contributed by atoms with E-state index in [4.69, 9.17) is 11.6 Å². The van der Waals surface area contributed by atoms with Gasteiger partial charge in [0.25, 0.3) is 5.91 Å². The van der Waals surface area contributed by atoms with E-state index < -0.39 is 6.17 Å². The lowest BCUT2D eigenvalue weighted by molar-refractivity contribution is -0.116. The molecule has 0 radical (unpaired) electrons. The Hall–Kier alpha value is -1.66. The van der Waals surface area contributed by atoms with Crippen molar-refractivity contribution in [3.63, 3.8) is 0 Å². The van der Waals surface area contributed by atoms with Crippen LogP contribution in [0.15, 0.2) is 51.3 Å². The molecular formula is C12H9ClN4OS. The fraction of sp³-hybridized carbons (Fsp3) is 0.167. The molecule has 0 bridgehead atoms. The number of carbonyl (C=O) groups is 1. The normalized spacial score (nSPS) is 20.7. The number of thioether (sulfide) groups is 1. The van der Waals surface area contributed by atoms with E-state index in [1.54, 1.807) is 0 Å². The molecule has 0 aromatic heterocycles. The molecule has 1 unspecified atom stereocenters. The summed E-state index contributed by atoms with van der Waals surface area (Å²) in [7, 11) is 0. The number of amidine groups is 1. The third kappa shape index (κ3) is 2.69. The van der Waals surface area contributed by atoms with Gasteiger partial charge in [0.1, 0.15) is 0 Å². The first-order chi connectivity index (χ1) is 9.22. The van der Waals surface area contributed by atoms with Gasteiger partial charge in [-0.05, 0) is 17.7 Å². The highest BCUT2D eigenvalue weighted by molar-refractivity contribution is 8.13. The molecule has 0 fully saturated rings. The quantitative estimate of drug-likeness (QED) is 0.911. The molecule has 19 heavy (non-hydrogen) atoms. The number of hydrogen-bond acceptors (Lipinski definition) is 5. The van der Waals surface area contributed by atoms with Crippen molar-refractivity contribution < 1.29 is 4.79 Å². The zero-order chi connectivity index (χ0) is 13.2. The van der Waals surface area contributed by atoms with E-state index in [-0.39, 0.29) is 5.91 Å². The second-order valence-electron chi connectivity index (χ2n) is 4.00. The van der Waals surface area contributed by atoms with E-state index >= 15 is 0 Å². The van der Waals surface area contributed by atoms with E-state index in [0.717, 1.165) is 5.56 Å². The van der Waals surface area contributed by atoms with Crippen molar-refractivity contribution in [2.24, 2.45) is 15.2 Å². The molecule has 1 N–H and O–H groups in total. The molecule has 0 spiro atoms. The number of amides is 1. The summed E-state index contributed by atoms with van der Waals surface area (Å²) in [6.45, 7) is 0. The summed E-state index contributed by atoms with van der Waals surface area (Å²) in [6.07, 6.45) is 0.970. The lowest BCUT2D eigenvalue weighted by Crippen LogP contribution is -2.37. The van der Waals surface area contributed by atoms with Crippen LogP contribution in [0.2, 0.25) is 5.02 Å². The molecule has 1 atom stereocenters. The number of hydrogen-bond donors (Lipinski definition) is 1. The Bertz CT molecular complexity index is 626. The van der Waals surface area contributed by atoms with Gasteiger partial charge in [-0.15, -0.1) is 0 Å². The summed E-state index contributed by atoms with van der Waals surface area (Å²) in [6, 6.07) is 7.59. The summed E-state index contributed by atoms with van der Waals surface area (Å²) >= 11 is 7.36. The second-order valence-corrected chi connectivity index (χ2v) is 5.40. The van der Waals surface area contributed by atoms with Gasteiger partial charge in [0.05, 0.1) is 11.8 Å². The lowest BCUT2D eigenvalue weighted by atomic mass is 10.2. The monoisotopic (exact) mass is 292 g/mol. The van der Waals surface area contributed by atoms with Crippen LogP contribution in [0.25, 0.3) is 0 Å². The van der Waals surface area contributed by atoms with E-state index in [1.807, 2.05) is 24.3 Å². The van der Waals surface area contributed by atoms with Crippen LogP contribution in [0.1, 0.15) is 5.56 Å². The Kier molecular flexibility index (Phi) is 3.35. The molecular weight excluding hydrogens is 284 g/mol. The first-order valence-corrected chi connectivity index (χ1v) is 6.95. The predicted octanol–water partition coefficient (Wildman–Crippen LogP) is 2.73. The lowest BCUT2D eigenvalue weighted by Gasteiger charge is -2.17.